The van der Waals surface area contributed by atoms with Crippen molar-refractivity contribution in [3.63, 3.8) is 0 Å². The van der Waals surface area contributed by atoms with Crippen LogP contribution in [0.2, 0.25) is 0 Å². The van der Waals surface area contributed by atoms with E-state index >= 15 is 0 Å². The normalized spacial score (nSPS) is 15.2. The number of rotatable bonds is 6. The second-order valence-corrected chi connectivity index (χ2v) is 3.13. The van der Waals surface area contributed by atoms with E-state index in [4.69, 9.17) is 5.73 Å². The van der Waals surface area contributed by atoms with Gasteiger partial charge in [-0.25, -0.2) is 0 Å². The molecule has 3 heteroatoms. The summed E-state index contributed by atoms with van der Waals surface area (Å²) >= 11 is 0. The third-order valence-corrected chi connectivity index (χ3v) is 1.94. The summed E-state index contributed by atoms with van der Waals surface area (Å²) in [6.45, 7) is 3.57. The van der Waals surface area contributed by atoms with E-state index in [0.29, 0.717) is 12.7 Å². The first-order chi connectivity index (χ1) is 5.61. The lowest BCUT2D eigenvalue weighted by Gasteiger charge is -2.13. The zero-order valence-corrected chi connectivity index (χ0v) is 7.75. The number of carbonyl (C=O) groups is 2. The van der Waals surface area contributed by atoms with Crippen LogP contribution < -0.4 is 5.73 Å². The van der Waals surface area contributed by atoms with E-state index in [1.807, 2.05) is 6.92 Å². The monoisotopic (exact) mass is 171 g/mol. The molecule has 0 aromatic heterocycles. The lowest BCUT2D eigenvalue weighted by Crippen LogP contribution is -2.27. The van der Waals surface area contributed by atoms with Crippen LogP contribution >= 0.6 is 0 Å². The summed E-state index contributed by atoms with van der Waals surface area (Å²) in [5.41, 5.74) is 5.42. The summed E-state index contributed by atoms with van der Waals surface area (Å²) in [4.78, 5) is 21.2. The number of nitrogens with two attached hydrogens (primary N) is 1. The fraction of sp³-hybridized carbons (Fsp3) is 0.778. The smallest absolute Gasteiger partial charge is 0.136 e. The highest BCUT2D eigenvalue weighted by Crippen LogP contribution is 2.13. The van der Waals surface area contributed by atoms with Gasteiger partial charge >= 0.3 is 0 Å². The largest absolute Gasteiger partial charge is 0.322 e. The number of hydrogen-bond acceptors (Lipinski definition) is 3. The molecule has 0 radical (unpaired) electrons. The Bertz CT molecular complexity index is 157. The number of Topliss-reactive ketones (excluding diaryl/α,β-unsaturated/α-hetero) is 1. The third kappa shape index (κ3) is 4.23. The van der Waals surface area contributed by atoms with Gasteiger partial charge in [0.2, 0.25) is 0 Å². The van der Waals surface area contributed by atoms with Gasteiger partial charge < -0.3 is 10.5 Å². The first-order valence-corrected chi connectivity index (χ1v) is 4.33. The Morgan fingerprint density at radius 2 is 2.17 bits per heavy atom. The van der Waals surface area contributed by atoms with Crippen LogP contribution in [0.15, 0.2) is 0 Å². The molecule has 0 fully saturated rings. The third-order valence-electron chi connectivity index (χ3n) is 1.94. The van der Waals surface area contributed by atoms with E-state index in [0.717, 1.165) is 12.8 Å². The summed E-state index contributed by atoms with van der Waals surface area (Å²) in [6, 6.07) is -0.481. The van der Waals surface area contributed by atoms with Gasteiger partial charge in [0.25, 0.3) is 0 Å². The molecule has 0 heterocycles. The van der Waals surface area contributed by atoms with Gasteiger partial charge in [-0.15, -0.1) is 0 Å². The maximum Gasteiger partial charge on any atom is 0.136 e. The second-order valence-electron chi connectivity index (χ2n) is 3.13. The topological polar surface area (TPSA) is 60.2 Å². The molecule has 0 aliphatic heterocycles. The molecule has 0 aliphatic carbocycles. The predicted octanol–water partition coefficient (Wildman–Crippen LogP) is 0.908. The highest BCUT2D eigenvalue weighted by atomic mass is 16.1. The van der Waals surface area contributed by atoms with E-state index in [1.165, 1.54) is 0 Å². The Hall–Kier alpha value is -0.700. The quantitative estimate of drug-likeness (QED) is 0.604. The zero-order valence-electron chi connectivity index (χ0n) is 7.75. The Labute approximate surface area is 73.3 Å². The predicted molar refractivity (Wildman–Crippen MR) is 47.7 cm³/mol. The number of aldehydes is 1. The average Bonchev–Trinajstić information content (AvgIpc) is 2.03. The van der Waals surface area contributed by atoms with Gasteiger partial charge in [0, 0.05) is 5.92 Å². The molecule has 2 atom stereocenters. The van der Waals surface area contributed by atoms with Crippen molar-refractivity contribution >= 4 is 12.1 Å². The molecule has 0 aromatic carbocycles. The van der Waals surface area contributed by atoms with Crippen LogP contribution in [0.4, 0.5) is 0 Å². The lowest BCUT2D eigenvalue weighted by molar-refractivity contribution is -0.121. The molecule has 0 rings (SSSR count). The van der Waals surface area contributed by atoms with Crippen LogP contribution in [-0.4, -0.2) is 18.1 Å². The molecule has 0 saturated carbocycles. The van der Waals surface area contributed by atoms with E-state index in [1.54, 1.807) is 6.92 Å². The summed E-state index contributed by atoms with van der Waals surface area (Å²) < 4.78 is 0. The first-order valence-electron chi connectivity index (χ1n) is 4.33. The van der Waals surface area contributed by atoms with E-state index in [9.17, 15) is 9.59 Å². The molecule has 0 aliphatic rings. The van der Waals surface area contributed by atoms with Crippen molar-refractivity contribution in [2.75, 3.05) is 0 Å². The van der Waals surface area contributed by atoms with Crippen molar-refractivity contribution in [3.8, 4) is 0 Å². The van der Waals surface area contributed by atoms with Crippen LogP contribution in [0.1, 0.15) is 33.1 Å². The van der Waals surface area contributed by atoms with Gasteiger partial charge in [0.1, 0.15) is 12.1 Å². The number of hydrogen-bond donors (Lipinski definition) is 1. The maximum absolute atomic E-state index is 11.0. The van der Waals surface area contributed by atoms with Crippen LogP contribution in [0.3, 0.4) is 0 Å². The fourth-order valence-corrected chi connectivity index (χ4v) is 1.22. The number of carbonyl (C=O) groups excluding carboxylic acids is 2. The first kappa shape index (κ1) is 11.3. The molecular weight excluding hydrogens is 154 g/mol. The van der Waals surface area contributed by atoms with Crippen LogP contribution in [0, 0.1) is 5.92 Å². The van der Waals surface area contributed by atoms with E-state index in [2.05, 4.69) is 0 Å². The highest BCUT2D eigenvalue weighted by molar-refractivity contribution is 5.78. The Kier molecular flexibility index (Phi) is 5.54. The van der Waals surface area contributed by atoms with Crippen LogP contribution in [0.25, 0.3) is 0 Å². The Morgan fingerprint density at radius 1 is 1.58 bits per heavy atom. The molecule has 0 bridgehead atoms. The fourth-order valence-electron chi connectivity index (χ4n) is 1.22. The molecule has 0 spiro atoms. The van der Waals surface area contributed by atoms with Crippen LogP contribution in [-0.2, 0) is 9.59 Å². The van der Waals surface area contributed by atoms with Gasteiger partial charge in [-0.3, -0.25) is 4.79 Å². The standard InChI is InChI=1S/C9H17NO2/c1-3-4-8(7(2)12)5-9(10)6-11/h6,8-9H,3-5,10H2,1-2H3/t8-,9-/m0/s1. The van der Waals surface area contributed by atoms with Crippen molar-refractivity contribution in [1.82, 2.24) is 0 Å². The Balaban J connectivity index is 3.94. The lowest BCUT2D eigenvalue weighted by atomic mass is 9.93. The van der Waals surface area contributed by atoms with E-state index < -0.39 is 6.04 Å². The molecule has 0 saturated heterocycles. The molecule has 70 valence electrons. The maximum atomic E-state index is 11.0. The van der Waals surface area contributed by atoms with Crippen molar-refractivity contribution in [1.29, 1.82) is 0 Å². The van der Waals surface area contributed by atoms with E-state index in [-0.39, 0.29) is 11.7 Å². The average molecular weight is 171 g/mol. The Morgan fingerprint density at radius 3 is 2.50 bits per heavy atom. The van der Waals surface area contributed by atoms with Crippen molar-refractivity contribution < 1.29 is 9.59 Å². The molecule has 0 amide bonds. The molecule has 0 unspecified atom stereocenters. The SMILES string of the molecule is CCC[C@@H](C[C@H](N)C=O)C(C)=O. The summed E-state index contributed by atoms with van der Waals surface area (Å²) in [7, 11) is 0. The summed E-state index contributed by atoms with van der Waals surface area (Å²) in [5, 5.41) is 0. The van der Waals surface area contributed by atoms with Gasteiger partial charge in [-0.05, 0) is 19.8 Å². The van der Waals surface area contributed by atoms with Gasteiger partial charge in [0.15, 0.2) is 0 Å². The number of ketones is 1. The van der Waals surface area contributed by atoms with Gasteiger partial charge in [-0.1, -0.05) is 13.3 Å². The molecule has 2 N–H and O–H groups in total. The van der Waals surface area contributed by atoms with Crippen molar-refractivity contribution in [2.45, 2.75) is 39.2 Å². The zero-order chi connectivity index (χ0) is 9.56. The second kappa shape index (κ2) is 5.89. The molecule has 0 aromatic rings. The van der Waals surface area contributed by atoms with Crippen molar-refractivity contribution in [2.24, 2.45) is 11.7 Å². The minimum absolute atomic E-state index is 0.0322. The minimum Gasteiger partial charge on any atom is -0.322 e. The van der Waals surface area contributed by atoms with Gasteiger partial charge in [0.05, 0.1) is 6.04 Å². The van der Waals surface area contributed by atoms with Gasteiger partial charge in [-0.2, -0.15) is 0 Å². The molecular formula is C9H17NO2. The summed E-state index contributed by atoms with van der Waals surface area (Å²) in [5.74, 6) is 0.101. The highest BCUT2D eigenvalue weighted by Gasteiger charge is 2.16. The molecule has 12 heavy (non-hydrogen) atoms. The summed E-state index contributed by atoms with van der Waals surface area (Å²) in [6.07, 6.45) is 2.98. The minimum atomic E-state index is -0.481. The molecule has 3 nitrogen and oxygen atoms in total. The van der Waals surface area contributed by atoms with Crippen LogP contribution in [0.5, 0.6) is 0 Å². The van der Waals surface area contributed by atoms with Crippen molar-refractivity contribution in [3.05, 3.63) is 0 Å².